The van der Waals surface area contributed by atoms with Crippen molar-refractivity contribution in [1.82, 2.24) is 0 Å². The fourth-order valence-corrected chi connectivity index (χ4v) is 1.65. The zero-order valence-electron chi connectivity index (χ0n) is 8.68. The van der Waals surface area contributed by atoms with Crippen LogP contribution in [0.25, 0.3) is 0 Å². The maximum absolute atomic E-state index is 13.3. The van der Waals surface area contributed by atoms with Crippen molar-refractivity contribution in [1.29, 1.82) is 0 Å². The Morgan fingerprint density at radius 1 is 1.47 bits per heavy atom. The third-order valence-corrected chi connectivity index (χ3v) is 2.32. The smallest absolute Gasteiger partial charge is 0.160 e. The highest BCUT2D eigenvalue weighted by Gasteiger charge is 2.06. The fraction of sp³-hybridized carbons (Fsp3) is 0.250. The van der Waals surface area contributed by atoms with Crippen molar-refractivity contribution >= 4 is 21.7 Å². The van der Waals surface area contributed by atoms with Gasteiger partial charge < -0.3 is 0 Å². The molecular formula is C12H12BrFO. The van der Waals surface area contributed by atoms with Gasteiger partial charge in [-0.2, -0.15) is 0 Å². The number of hydrogen-bond acceptors (Lipinski definition) is 1. The monoisotopic (exact) mass is 270 g/mol. The molecule has 0 fully saturated rings. The van der Waals surface area contributed by atoms with E-state index in [0.717, 1.165) is 10.0 Å². The molecule has 0 atom stereocenters. The molecule has 3 heteroatoms. The summed E-state index contributed by atoms with van der Waals surface area (Å²) in [5, 5.41) is 0. The number of hydrogen-bond donors (Lipinski definition) is 0. The third-order valence-electron chi connectivity index (χ3n) is 1.82. The molecule has 0 spiro atoms. The Hall–Kier alpha value is -0.960. The minimum atomic E-state index is -0.339. The number of carbonyl (C=O) groups is 1. The summed E-state index contributed by atoms with van der Waals surface area (Å²) < 4.78 is 14.1. The minimum absolute atomic E-state index is 0.0769. The molecule has 15 heavy (non-hydrogen) atoms. The van der Waals surface area contributed by atoms with Gasteiger partial charge in [-0.1, -0.05) is 21.5 Å². The zero-order valence-corrected chi connectivity index (χ0v) is 10.3. The quantitative estimate of drug-likeness (QED) is 0.767. The number of ketones is 1. The highest BCUT2D eigenvalue weighted by atomic mass is 79.9. The number of carbonyl (C=O) groups excluding carboxylic acids is 1. The lowest BCUT2D eigenvalue weighted by molar-refractivity contribution is -0.114. The Morgan fingerprint density at radius 3 is 2.73 bits per heavy atom. The Morgan fingerprint density at radius 2 is 2.13 bits per heavy atom. The first kappa shape index (κ1) is 12.1. The molecule has 0 heterocycles. The van der Waals surface area contributed by atoms with E-state index >= 15 is 0 Å². The van der Waals surface area contributed by atoms with Crippen LogP contribution in [0.15, 0.2) is 34.3 Å². The molecule has 0 saturated carbocycles. The van der Waals surface area contributed by atoms with Crippen LogP contribution in [-0.2, 0) is 11.2 Å². The molecule has 0 saturated heterocycles. The highest BCUT2D eigenvalue weighted by molar-refractivity contribution is 9.10. The molecular weight excluding hydrogens is 259 g/mol. The molecule has 0 radical (unpaired) electrons. The predicted molar refractivity (Wildman–Crippen MR) is 62.2 cm³/mol. The van der Waals surface area contributed by atoms with Gasteiger partial charge in [0.1, 0.15) is 5.82 Å². The van der Waals surface area contributed by atoms with E-state index in [1.165, 1.54) is 12.1 Å². The van der Waals surface area contributed by atoms with E-state index in [1.807, 2.05) is 13.8 Å². The third kappa shape index (κ3) is 3.96. The van der Waals surface area contributed by atoms with Crippen LogP contribution in [0, 0.1) is 5.82 Å². The predicted octanol–water partition coefficient (Wildman–Crippen LogP) is 3.67. The Bertz CT molecular complexity index is 406. The lowest BCUT2D eigenvalue weighted by atomic mass is 10.1. The molecule has 1 aromatic rings. The van der Waals surface area contributed by atoms with E-state index in [-0.39, 0.29) is 18.0 Å². The molecule has 0 aromatic heterocycles. The average molecular weight is 271 g/mol. The second-order valence-electron chi connectivity index (χ2n) is 3.60. The van der Waals surface area contributed by atoms with E-state index in [4.69, 9.17) is 0 Å². The zero-order chi connectivity index (χ0) is 11.4. The number of benzene rings is 1. The van der Waals surface area contributed by atoms with Gasteiger partial charge in [0, 0.05) is 10.9 Å². The molecule has 0 N–H and O–H groups in total. The van der Waals surface area contributed by atoms with Crippen LogP contribution in [0.2, 0.25) is 0 Å². The maximum atomic E-state index is 13.3. The van der Waals surface area contributed by atoms with Crippen LogP contribution in [0.3, 0.4) is 0 Å². The summed E-state index contributed by atoms with van der Waals surface area (Å²) >= 11 is 3.24. The molecule has 0 bridgehead atoms. The van der Waals surface area contributed by atoms with Crippen LogP contribution >= 0.6 is 15.9 Å². The van der Waals surface area contributed by atoms with E-state index in [0.29, 0.717) is 5.56 Å². The van der Waals surface area contributed by atoms with E-state index in [2.05, 4.69) is 15.9 Å². The Balaban J connectivity index is 2.85. The van der Waals surface area contributed by atoms with Gasteiger partial charge in [0.2, 0.25) is 0 Å². The van der Waals surface area contributed by atoms with Crippen molar-refractivity contribution < 1.29 is 9.18 Å². The molecule has 0 amide bonds. The summed E-state index contributed by atoms with van der Waals surface area (Å²) in [5.74, 6) is -0.416. The average Bonchev–Trinajstić information content (AvgIpc) is 2.10. The largest absolute Gasteiger partial charge is 0.294 e. The van der Waals surface area contributed by atoms with Crippen LogP contribution in [0.4, 0.5) is 4.39 Å². The summed E-state index contributed by atoms with van der Waals surface area (Å²) in [6, 6.07) is 4.60. The molecule has 0 aliphatic carbocycles. The van der Waals surface area contributed by atoms with Crippen molar-refractivity contribution in [3.8, 4) is 0 Å². The van der Waals surface area contributed by atoms with Crippen molar-refractivity contribution in [2.75, 3.05) is 0 Å². The second-order valence-corrected chi connectivity index (χ2v) is 4.52. The number of halogens is 2. The van der Waals surface area contributed by atoms with Crippen LogP contribution in [-0.4, -0.2) is 5.78 Å². The van der Waals surface area contributed by atoms with Gasteiger partial charge in [-0.3, -0.25) is 4.79 Å². The van der Waals surface area contributed by atoms with Gasteiger partial charge in [-0.15, -0.1) is 0 Å². The number of allylic oxidation sites excluding steroid dienone is 2. The lowest BCUT2D eigenvalue weighted by Gasteiger charge is -2.01. The minimum Gasteiger partial charge on any atom is -0.294 e. The van der Waals surface area contributed by atoms with E-state index in [9.17, 15) is 9.18 Å². The molecule has 0 unspecified atom stereocenters. The lowest BCUT2D eigenvalue weighted by Crippen LogP contribution is -2.01. The molecule has 1 aromatic carbocycles. The summed E-state index contributed by atoms with van der Waals surface area (Å²) in [7, 11) is 0. The molecule has 1 nitrogen and oxygen atoms in total. The standard InChI is InChI=1S/C12H12BrFO/c1-8(2)5-11(15)7-9-6-10(13)3-4-12(9)14/h3-6H,7H2,1-2H3. The Labute approximate surface area is 97.1 Å². The second kappa shape index (κ2) is 5.21. The van der Waals surface area contributed by atoms with Crippen LogP contribution in [0.1, 0.15) is 19.4 Å². The van der Waals surface area contributed by atoms with Crippen molar-refractivity contribution in [3.05, 3.63) is 45.7 Å². The molecule has 0 aliphatic heterocycles. The van der Waals surface area contributed by atoms with Crippen molar-refractivity contribution in [3.63, 3.8) is 0 Å². The highest BCUT2D eigenvalue weighted by Crippen LogP contribution is 2.16. The van der Waals surface area contributed by atoms with Gasteiger partial charge >= 0.3 is 0 Å². The molecule has 1 rings (SSSR count). The summed E-state index contributed by atoms with van der Waals surface area (Å²) in [5.41, 5.74) is 1.35. The normalized spacial score (nSPS) is 9.87. The van der Waals surface area contributed by atoms with Gasteiger partial charge in [0.05, 0.1) is 0 Å². The summed E-state index contributed by atoms with van der Waals surface area (Å²) in [6.45, 7) is 3.68. The SMILES string of the molecule is CC(C)=CC(=O)Cc1cc(Br)ccc1F. The first-order valence-corrected chi connectivity index (χ1v) is 5.40. The van der Waals surface area contributed by atoms with Crippen LogP contribution in [0.5, 0.6) is 0 Å². The van der Waals surface area contributed by atoms with Gasteiger partial charge in [0.25, 0.3) is 0 Å². The topological polar surface area (TPSA) is 17.1 Å². The fourth-order valence-electron chi connectivity index (χ4n) is 1.24. The Kier molecular flexibility index (Phi) is 4.21. The van der Waals surface area contributed by atoms with Crippen LogP contribution < -0.4 is 0 Å². The first-order chi connectivity index (χ1) is 6.99. The van der Waals surface area contributed by atoms with Gasteiger partial charge in [0.15, 0.2) is 5.78 Å². The number of rotatable bonds is 3. The molecule has 80 valence electrons. The van der Waals surface area contributed by atoms with Crippen molar-refractivity contribution in [2.24, 2.45) is 0 Å². The van der Waals surface area contributed by atoms with Crippen molar-refractivity contribution in [2.45, 2.75) is 20.3 Å². The maximum Gasteiger partial charge on any atom is 0.160 e. The summed E-state index contributed by atoms with van der Waals surface area (Å²) in [6.07, 6.45) is 1.64. The molecule has 0 aliphatic rings. The summed E-state index contributed by atoms with van der Waals surface area (Å²) in [4.78, 5) is 11.4. The first-order valence-electron chi connectivity index (χ1n) is 4.60. The van der Waals surface area contributed by atoms with Gasteiger partial charge in [-0.25, -0.2) is 4.39 Å². The van der Waals surface area contributed by atoms with E-state index in [1.54, 1.807) is 12.1 Å². The van der Waals surface area contributed by atoms with E-state index < -0.39 is 0 Å². The van der Waals surface area contributed by atoms with Gasteiger partial charge in [-0.05, 0) is 43.7 Å².